The van der Waals surface area contributed by atoms with Gasteiger partial charge in [0.15, 0.2) is 0 Å². The standard InChI is InChI=1S/C23H19FN4O3/c1-2-31-16-6-8-19(24)18(10-16)15-11-25-23(26-12-15)28-20-9-14(22(29)30)5-7-17(20)21(27-28)13-3-4-13/h5-13H,2-4H2,1H3,(H,29,30). The molecule has 5 rings (SSSR count). The number of hydrogen-bond donors (Lipinski definition) is 1. The maximum Gasteiger partial charge on any atom is 0.335 e. The summed E-state index contributed by atoms with van der Waals surface area (Å²) < 4.78 is 21.4. The van der Waals surface area contributed by atoms with Crippen LogP contribution in [0, 0.1) is 5.82 Å². The van der Waals surface area contributed by atoms with E-state index in [4.69, 9.17) is 4.74 Å². The van der Waals surface area contributed by atoms with Gasteiger partial charge in [0.2, 0.25) is 0 Å². The van der Waals surface area contributed by atoms with Crippen LogP contribution in [0.15, 0.2) is 48.8 Å². The number of carboxylic acids is 1. The molecule has 1 saturated carbocycles. The number of hydrogen-bond acceptors (Lipinski definition) is 5. The van der Waals surface area contributed by atoms with E-state index in [1.54, 1.807) is 35.0 Å². The highest BCUT2D eigenvalue weighted by atomic mass is 19.1. The van der Waals surface area contributed by atoms with Crippen LogP contribution in [0.25, 0.3) is 28.0 Å². The van der Waals surface area contributed by atoms with E-state index < -0.39 is 11.8 Å². The molecular formula is C23H19FN4O3. The number of ether oxygens (including phenoxy) is 1. The fraction of sp³-hybridized carbons (Fsp3) is 0.217. The molecule has 4 aromatic rings. The van der Waals surface area contributed by atoms with Crippen LogP contribution < -0.4 is 4.74 Å². The summed E-state index contributed by atoms with van der Waals surface area (Å²) in [6, 6.07) is 9.50. The smallest absolute Gasteiger partial charge is 0.335 e. The van der Waals surface area contributed by atoms with E-state index in [1.165, 1.54) is 18.5 Å². The molecule has 2 aromatic carbocycles. The molecule has 0 unspecified atom stereocenters. The Hall–Kier alpha value is -3.81. The summed E-state index contributed by atoms with van der Waals surface area (Å²) in [5.74, 6) is -0.176. The third-order valence-electron chi connectivity index (χ3n) is 5.31. The minimum absolute atomic E-state index is 0.169. The summed E-state index contributed by atoms with van der Waals surface area (Å²) >= 11 is 0. The Morgan fingerprint density at radius 3 is 2.65 bits per heavy atom. The third-order valence-corrected chi connectivity index (χ3v) is 5.31. The molecule has 1 aliphatic rings. The fourth-order valence-electron chi connectivity index (χ4n) is 3.63. The molecule has 0 aliphatic heterocycles. The maximum atomic E-state index is 14.4. The minimum Gasteiger partial charge on any atom is -0.494 e. The number of carboxylic acid groups (broad SMARTS) is 1. The van der Waals surface area contributed by atoms with Crippen LogP contribution in [0.2, 0.25) is 0 Å². The van der Waals surface area contributed by atoms with Gasteiger partial charge in [-0.3, -0.25) is 0 Å². The molecule has 2 aromatic heterocycles. The summed E-state index contributed by atoms with van der Waals surface area (Å²) in [7, 11) is 0. The van der Waals surface area contributed by atoms with Crippen molar-refractivity contribution >= 4 is 16.9 Å². The predicted molar refractivity (Wildman–Crippen MR) is 112 cm³/mol. The molecule has 31 heavy (non-hydrogen) atoms. The molecule has 1 N–H and O–H groups in total. The van der Waals surface area contributed by atoms with Gasteiger partial charge >= 0.3 is 5.97 Å². The first-order valence-electron chi connectivity index (χ1n) is 10.1. The van der Waals surface area contributed by atoms with Crippen LogP contribution in [0.1, 0.15) is 41.7 Å². The van der Waals surface area contributed by atoms with Gasteiger partial charge in [0.05, 0.1) is 23.4 Å². The van der Waals surface area contributed by atoms with Crippen molar-refractivity contribution < 1.29 is 19.0 Å². The zero-order valence-electron chi connectivity index (χ0n) is 16.7. The highest BCUT2D eigenvalue weighted by Gasteiger charge is 2.30. The summed E-state index contributed by atoms with van der Waals surface area (Å²) in [5, 5.41) is 15.0. The Labute approximate surface area is 177 Å². The van der Waals surface area contributed by atoms with E-state index in [9.17, 15) is 14.3 Å². The molecule has 0 atom stereocenters. The number of halogens is 1. The van der Waals surface area contributed by atoms with Crippen molar-refractivity contribution in [3.05, 3.63) is 65.9 Å². The second-order valence-corrected chi connectivity index (χ2v) is 7.45. The number of nitrogens with zero attached hydrogens (tertiary/aromatic N) is 4. The molecule has 1 fully saturated rings. The summed E-state index contributed by atoms with van der Waals surface area (Å²) in [5.41, 5.74) is 2.58. The van der Waals surface area contributed by atoms with Crippen molar-refractivity contribution in [2.75, 3.05) is 6.61 Å². The second kappa shape index (κ2) is 7.46. The molecule has 156 valence electrons. The van der Waals surface area contributed by atoms with Gasteiger partial charge in [0.25, 0.3) is 5.95 Å². The van der Waals surface area contributed by atoms with Gasteiger partial charge in [-0.2, -0.15) is 9.78 Å². The molecule has 0 bridgehead atoms. The largest absolute Gasteiger partial charge is 0.494 e. The zero-order valence-corrected chi connectivity index (χ0v) is 16.7. The van der Waals surface area contributed by atoms with Crippen molar-refractivity contribution in [1.82, 2.24) is 19.7 Å². The van der Waals surface area contributed by atoms with Gasteiger partial charge in [-0.15, -0.1) is 0 Å². The first-order chi connectivity index (χ1) is 15.0. The summed E-state index contributed by atoms with van der Waals surface area (Å²) in [6.07, 6.45) is 5.17. The molecule has 0 radical (unpaired) electrons. The Kier molecular flexibility index (Phi) is 4.62. The van der Waals surface area contributed by atoms with Gasteiger partial charge in [0.1, 0.15) is 11.6 Å². The molecule has 8 heteroatoms. The van der Waals surface area contributed by atoms with Crippen LogP contribution in [0.4, 0.5) is 4.39 Å². The van der Waals surface area contributed by atoms with E-state index in [0.29, 0.717) is 40.9 Å². The Balaban J connectivity index is 1.58. The average molecular weight is 418 g/mol. The first-order valence-corrected chi connectivity index (χ1v) is 10.1. The van der Waals surface area contributed by atoms with Crippen molar-refractivity contribution in [3.63, 3.8) is 0 Å². The Morgan fingerprint density at radius 2 is 1.97 bits per heavy atom. The highest BCUT2D eigenvalue weighted by Crippen LogP contribution is 2.43. The van der Waals surface area contributed by atoms with Crippen LogP contribution >= 0.6 is 0 Å². The number of aromatic carboxylic acids is 1. The van der Waals surface area contributed by atoms with Gasteiger partial charge in [-0.1, -0.05) is 6.07 Å². The highest BCUT2D eigenvalue weighted by molar-refractivity contribution is 5.94. The number of rotatable bonds is 6. The lowest BCUT2D eigenvalue weighted by atomic mass is 10.1. The molecule has 7 nitrogen and oxygen atoms in total. The maximum absolute atomic E-state index is 14.4. The average Bonchev–Trinajstić information content (AvgIpc) is 3.55. The van der Waals surface area contributed by atoms with E-state index in [2.05, 4.69) is 15.1 Å². The lowest BCUT2D eigenvalue weighted by Gasteiger charge is -2.08. The van der Waals surface area contributed by atoms with Gasteiger partial charge in [-0.05, 0) is 50.1 Å². The lowest BCUT2D eigenvalue weighted by molar-refractivity contribution is 0.0697. The molecule has 0 amide bonds. The summed E-state index contributed by atoms with van der Waals surface area (Å²) in [4.78, 5) is 20.2. The van der Waals surface area contributed by atoms with Crippen LogP contribution in [0.5, 0.6) is 5.75 Å². The van der Waals surface area contributed by atoms with E-state index in [1.807, 2.05) is 6.92 Å². The van der Waals surface area contributed by atoms with Crippen LogP contribution in [-0.4, -0.2) is 37.4 Å². The van der Waals surface area contributed by atoms with Gasteiger partial charge in [-0.25, -0.2) is 19.2 Å². The normalized spacial score (nSPS) is 13.5. The monoisotopic (exact) mass is 418 g/mol. The van der Waals surface area contributed by atoms with E-state index >= 15 is 0 Å². The molecule has 0 saturated heterocycles. The van der Waals surface area contributed by atoms with E-state index in [0.717, 1.165) is 23.9 Å². The summed E-state index contributed by atoms with van der Waals surface area (Å²) in [6.45, 7) is 2.34. The predicted octanol–water partition coefficient (Wildman–Crippen LogP) is 4.60. The Bertz CT molecular complexity index is 1300. The minimum atomic E-state index is -1.01. The van der Waals surface area contributed by atoms with E-state index in [-0.39, 0.29) is 5.56 Å². The van der Waals surface area contributed by atoms with Gasteiger partial charge < -0.3 is 9.84 Å². The number of carbonyl (C=O) groups is 1. The molecule has 2 heterocycles. The zero-order chi connectivity index (χ0) is 21.5. The molecule has 0 spiro atoms. The number of aromatic nitrogens is 4. The van der Waals surface area contributed by atoms with Crippen LogP contribution in [0.3, 0.4) is 0 Å². The third kappa shape index (κ3) is 3.50. The molecule has 1 aliphatic carbocycles. The van der Waals surface area contributed by atoms with Gasteiger partial charge in [0, 0.05) is 34.8 Å². The molecular weight excluding hydrogens is 399 g/mol. The first kappa shape index (κ1) is 19.2. The van der Waals surface area contributed by atoms with Crippen molar-refractivity contribution in [3.8, 4) is 22.8 Å². The number of benzene rings is 2. The Morgan fingerprint density at radius 1 is 1.19 bits per heavy atom. The number of fused-ring (bicyclic) bond motifs is 1. The van der Waals surface area contributed by atoms with Crippen molar-refractivity contribution in [2.45, 2.75) is 25.7 Å². The van der Waals surface area contributed by atoms with Crippen molar-refractivity contribution in [2.24, 2.45) is 0 Å². The topological polar surface area (TPSA) is 90.1 Å². The fourth-order valence-corrected chi connectivity index (χ4v) is 3.63. The quantitative estimate of drug-likeness (QED) is 0.492. The SMILES string of the molecule is CCOc1ccc(F)c(-c2cnc(-n3nc(C4CC4)c4ccc(C(=O)O)cc43)nc2)c1. The van der Waals surface area contributed by atoms with Crippen LogP contribution in [-0.2, 0) is 0 Å². The second-order valence-electron chi connectivity index (χ2n) is 7.45. The lowest BCUT2D eigenvalue weighted by Crippen LogP contribution is -2.04. The van der Waals surface area contributed by atoms with Crippen molar-refractivity contribution in [1.29, 1.82) is 0 Å².